The number of phenols is 1. The first-order valence-corrected chi connectivity index (χ1v) is 18.9. The minimum Gasteiger partial charge on any atom is -0.506 e. The van der Waals surface area contributed by atoms with Gasteiger partial charge in [0.05, 0.1) is 22.0 Å². The number of carbonyl (C=O) groups excluding carboxylic acids is 2. The van der Waals surface area contributed by atoms with Crippen LogP contribution in [0.5, 0.6) is 23.0 Å². The minimum atomic E-state index is -4.79. The summed E-state index contributed by atoms with van der Waals surface area (Å²) in [6.07, 6.45) is -6.97. The Bertz CT molecular complexity index is 1860. The predicted molar refractivity (Wildman–Crippen MR) is 206 cm³/mol. The van der Waals surface area contributed by atoms with Crippen molar-refractivity contribution >= 4 is 58.0 Å². The Morgan fingerprint density at radius 3 is 1.96 bits per heavy atom. The van der Waals surface area contributed by atoms with Gasteiger partial charge in [-0.15, -0.1) is 0 Å². The van der Waals surface area contributed by atoms with Gasteiger partial charge in [-0.3, -0.25) is 9.59 Å². The van der Waals surface area contributed by atoms with E-state index in [0.717, 1.165) is 42.5 Å². The van der Waals surface area contributed by atoms with Gasteiger partial charge >= 0.3 is 12.2 Å². The Balaban J connectivity index is 1.93. The summed E-state index contributed by atoms with van der Waals surface area (Å²) in [4.78, 5) is 27.0. The highest BCUT2D eigenvalue weighted by atomic mass is 35.5. The minimum absolute atomic E-state index is 0.0703. The number of alkyl halides is 8. The fraction of sp³-hybridized carbons (Fsp3) is 0.487. The Morgan fingerprint density at radius 2 is 1.39 bits per heavy atom. The van der Waals surface area contributed by atoms with Gasteiger partial charge < -0.3 is 30.0 Å². The number of unbranched alkanes of at least 4 members (excludes halogenated alkanes) is 1. The van der Waals surface area contributed by atoms with E-state index in [9.17, 15) is 41.0 Å². The second kappa shape index (κ2) is 18.7. The molecule has 0 fully saturated rings. The first kappa shape index (κ1) is 46.6. The summed E-state index contributed by atoms with van der Waals surface area (Å²) >= 11 is 16.1. The number of amides is 2. The topological polar surface area (TPSA) is 106 Å². The van der Waals surface area contributed by atoms with Gasteiger partial charge in [0.1, 0.15) is 23.0 Å². The summed E-state index contributed by atoms with van der Waals surface area (Å²) in [7, 11) is 0. The van der Waals surface area contributed by atoms with E-state index in [1.807, 2.05) is 19.1 Å². The summed E-state index contributed by atoms with van der Waals surface area (Å²) in [5.74, 6) is -4.21. The smallest absolute Gasteiger partial charge is 0.444 e. The van der Waals surface area contributed by atoms with Crippen LogP contribution in [-0.4, -0.2) is 46.5 Å². The average Bonchev–Trinajstić information content (AvgIpc) is 3.11. The van der Waals surface area contributed by atoms with Gasteiger partial charge in [0.2, 0.25) is 0 Å². The van der Waals surface area contributed by atoms with E-state index in [-0.39, 0.29) is 21.5 Å². The number of carbonyl (C=O) groups is 2. The summed E-state index contributed by atoms with van der Waals surface area (Å²) in [5, 5.41) is 15.5. The molecule has 3 rings (SSSR count). The van der Waals surface area contributed by atoms with Crippen LogP contribution in [0.15, 0.2) is 48.5 Å². The van der Waals surface area contributed by atoms with Crippen LogP contribution in [0, 0.1) is 0 Å². The van der Waals surface area contributed by atoms with E-state index in [1.165, 1.54) is 0 Å². The van der Waals surface area contributed by atoms with Crippen LogP contribution in [-0.2, 0) is 15.6 Å². The molecule has 0 aliphatic rings. The van der Waals surface area contributed by atoms with Gasteiger partial charge in [0.25, 0.3) is 23.1 Å². The van der Waals surface area contributed by atoms with E-state index in [0.29, 0.717) is 36.8 Å². The standard InChI is InChI=1S/C39H45Cl3F6N2O6/c1-8-11-12-30(54-29-16-13-21(36(4,5)9-2)17-24(29)37(6,7)10-3)33(53)49-26-20-28(51)27(19-25(26)40)50-32(52)23-15-14-22(55-38(45,46)34(41)43)18-31(23)56-39(47,48)35(42)44/h13-20,30,34-35,51H,8-12H2,1-7H3,(H,49,53)(H,50,52). The van der Waals surface area contributed by atoms with Crippen molar-refractivity contribution in [3.05, 3.63) is 70.2 Å². The number of hydrogen-bond acceptors (Lipinski definition) is 6. The molecule has 0 saturated heterocycles. The van der Waals surface area contributed by atoms with Crippen LogP contribution in [0.3, 0.4) is 0 Å². The van der Waals surface area contributed by atoms with Crippen LogP contribution in [0.2, 0.25) is 5.02 Å². The van der Waals surface area contributed by atoms with Crippen molar-refractivity contribution in [1.82, 2.24) is 0 Å². The van der Waals surface area contributed by atoms with Crippen LogP contribution in [0.4, 0.5) is 37.7 Å². The zero-order valence-electron chi connectivity index (χ0n) is 31.8. The highest BCUT2D eigenvalue weighted by molar-refractivity contribution is 6.34. The third-order valence-electron chi connectivity index (χ3n) is 9.44. The lowest BCUT2D eigenvalue weighted by molar-refractivity contribution is -0.202. The molecule has 0 saturated carbocycles. The molecule has 310 valence electrons. The summed E-state index contributed by atoms with van der Waals surface area (Å²) in [6, 6.07) is 9.69. The molecule has 3 N–H and O–H groups in total. The van der Waals surface area contributed by atoms with E-state index in [2.05, 4.69) is 67.7 Å². The first-order valence-electron chi connectivity index (χ1n) is 17.7. The van der Waals surface area contributed by atoms with E-state index < -0.39 is 69.9 Å². The number of nitrogens with one attached hydrogen (secondary N) is 2. The molecule has 0 aliphatic carbocycles. The van der Waals surface area contributed by atoms with Gasteiger partial charge in [0.15, 0.2) is 6.10 Å². The molecule has 17 heteroatoms. The maximum atomic E-state index is 14.1. The number of aromatic hydroxyl groups is 1. The first-order chi connectivity index (χ1) is 25.9. The fourth-order valence-electron chi connectivity index (χ4n) is 5.16. The maximum absolute atomic E-state index is 14.1. The lowest BCUT2D eigenvalue weighted by Gasteiger charge is -2.31. The van der Waals surface area contributed by atoms with Crippen LogP contribution < -0.4 is 24.8 Å². The Labute approximate surface area is 337 Å². The van der Waals surface area contributed by atoms with Crippen molar-refractivity contribution in [3.8, 4) is 23.0 Å². The van der Waals surface area contributed by atoms with Crippen molar-refractivity contribution in [2.24, 2.45) is 0 Å². The van der Waals surface area contributed by atoms with Crippen molar-refractivity contribution in [2.75, 3.05) is 10.6 Å². The van der Waals surface area contributed by atoms with Gasteiger partial charge in [0, 0.05) is 17.7 Å². The van der Waals surface area contributed by atoms with Crippen molar-refractivity contribution in [1.29, 1.82) is 0 Å². The second-order valence-electron chi connectivity index (χ2n) is 14.3. The molecule has 2 amide bonds. The molecule has 56 heavy (non-hydrogen) atoms. The van der Waals surface area contributed by atoms with Crippen molar-refractivity contribution in [3.63, 3.8) is 0 Å². The molecule has 0 aliphatic heterocycles. The average molecular weight is 858 g/mol. The summed E-state index contributed by atoms with van der Waals surface area (Å²) in [5.41, 5.74) is -6.41. The zero-order chi connectivity index (χ0) is 42.4. The highest BCUT2D eigenvalue weighted by Gasteiger charge is 2.44. The molecular weight excluding hydrogens is 813 g/mol. The molecule has 0 heterocycles. The van der Waals surface area contributed by atoms with E-state index in [4.69, 9.17) is 39.5 Å². The molecule has 3 aromatic carbocycles. The highest BCUT2D eigenvalue weighted by Crippen LogP contribution is 2.41. The second-order valence-corrected chi connectivity index (χ2v) is 15.5. The number of hydrogen-bond donors (Lipinski definition) is 3. The van der Waals surface area contributed by atoms with E-state index in [1.54, 1.807) is 0 Å². The number of ether oxygens (including phenoxy) is 3. The Hall–Kier alpha value is -3.75. The predicted octanol–water partition coefficient (Wildman–Crippen LogP) is 12.3. The number of rotatable bonds is 19. The molecule has 3 aromatic rings. The van der Waals surface area contributed by atoms with Crippen LogP contribution in [0.25, 0.3) is 0 Å². The molecule has 3 atom stereocenters. The van der Waals surface area contributed by atoms with Crippen LogP contribution >= 0.6 is 34.8 Å². The molecule has 0 spiro atoms. The zero-order valence-corrected chi connectivity index (χ0v) is 34.0. The lowest BCUT2D eigenvalue weighted by atomic mass is 9.76. The van der Waals surface area contributed by atoms with Gasteiger partial charge in [-0.25, -0.2) is 8.78 Å². The molecule has 0 radical (unpaired) electrons. The molecular formula is C39H45Cl3F6N2O6. The maximum Gasteiger partial charge on any atom is 0.444 e. The summed E-state index contributed by atoms with van der Waals surface area (Å²) < 4.78 is 97.1. The summed E-state index contributed by atoms with van der Waals surface area (Å²) in [6.45, 7) is 14.7. The molecule has 0 bridgehead atoms. The third-order valence-corrected chi connectivity index (χ3v) is 10.3. The molecule has 0 aromatic heterocycles. The largest absolute Gasteiger partial charge is 0.506 e. The molecule has 3 unspecified atom stereocenters. The van der Waals surface area contributed by atoms with Gasteiger partial charge in [-0.1, -0.05) is 102 Å². The SMILES string of the molecule is CCCCC(Oc1ccc(C(C)(C)CC)cc1C(C)(C)CC)C(=O)Nc1cc(O)c(NC(=O)c2ccc(OC(F)(F)C(F)Cl)cc2OC(F)(F)C(F)Cl)cc1Cl. The van der Waals surface area contributed by atoms with Crippen molar-refractivity contribution < 1.29 is 55.2 Å². The number of anilines is 2. The Kier molecular flexibility index (Phi) is 15.5. The van der Waals surface area contributed by atoms with E-state index >= 15 is 0 Å². The number of phenolic OH excluding ortho intramolecular Hbond substituents is 1. The monoisotopic (exact) mass is 856 g/mol. The van der Waals surface area contributed by atoms with Crippen LogP contribution in [0.1, 0.15) is 102 Å². The lowest BCUT2D eigenvalue weighted by Crippen LogP contribution is -2.34. The molecule has 8 nitrogen and oxygen atoms in total. The number of halogens is 9. The van der Waals surface area contributed by atoms with Crippen molar-refractivity contribution in [2.45, 2.75) is 121 Å². The van der Waals surface area contributed by atoms with Gasteiger partial charge in [-0.2, -0.15) is 17.6 Å². The third kappa shape index (κ3) is 11.7. The fourth-order valence-corrected chi connectivity index (χ4v) is 5.46. The Morgan fingerprint density at radius 1 is 0.786 bits per heavy atom. The number of benzene rings is 3. The normalized spacial score (nSPS) is 14.1. The quantitative estimate of drug-likeness (QED) is 0.0630. The van der Waals surface area contributed by atoms with Gasteiger partial charge in [-0.05, 0) is 66.3 Å².